The molecule has 0 atom stereocenters. The van der Waals surface area contributed by atoms with Crippen LogP contribution < -0.4 is 11.1 Å². The van der Waals surface area contributed by atoms with E-state index in [2.05, 4.69) is 53.8 Å². The van der Waals surface area contributed by atoms with Crippen molar-refractivity contribution in [1.82, 2.24) is 4.98 Å². The highest BCUT2D eigenvalue weighted by atomic mass is 14.9. The summed E-state index contributed by atoms with van der Waals surface area (Å²) in [6.45, 7) is 1.02. The van der Waals surface area contributed by atoms with Gasteiger partial charge >= 0.3 is 0 Å². The second-order valence-electron chi connectivity index (χ2n) is 6.68. The Hall–Kier alpha value is -2.13. The van der Waals surface area contributed by atoms with Gasteiger partial charge in [0.1, 0.15) is 0 Å². The fourth-order valence-corrected chi connectivity index (χ4v) is 3.67. The van der Waals surface area contributed by atoms with Gasteiger partial charge in [-0.3, -0.25) is 0 Å². The van der Waals surface area contributed by atoms with Crippen LogP contribution in [0.5, 0.6) is 0 Å². The average Bonchev–Trinajstić information content (AvgIpc) is 2.60. The highest BCUT2D eigenvalue weighted by molar-refractivity contribution is 6.07. The number of nitrogens with zero attached hydrogens (tertiary/aromatic N) is 1. The van der Waals surface area contributed by atoms with Crippen molar-refractivity contribution in [3.05, 3.63) is 48.5 Å². The third-order valence-corrected chi connectivity index (χ3v) is 5.05. The van der Waals surface area contributed by atoms with Crippen molar-refractivity contribution in [2.75, 3.05) is 11.9 Å². The molecule has 1 aliphatic rings. The Labute approximate surface area is 136 Å². The van der Waals surface area contributed by atoms with Gasteiger partial charge in [-0.2, -0.15) is 0 Å². The van der Waals surface area contributed by atoms with Gasteiger partial charge in [-0.1, -0.05) is 36.4 Å². The topological polar surface area (TPSA) is 50.9 Å². The lowest BCUT2D eigenvalue weighted by Crippen LogP contribution is -2.29. The van der Waals surface area contributed by atoms with Gasteiger partial charge in [0.2, 0.25) is 0 Å². The summed E-state index contributed by atoms with van der Waals surface area (Å²) in [5, 5.41) is 6.15. The van der Waals surface area contributed by atoms with Crippen LogP contribution in [-0.2, 0) is 0 Å². The van der Waals surface area contributed by atoms with Crippen LogP contribution in [0.4, 0.5) is 5.69 Å². The van der Waals surface area contributed by atoms with Gasteiger partial charge in [0.15, 0.2) is 0 Å². The number of benzene rings is 2. The molecule has 0 saturated heterocycles. The minimum absolute atomic E-state index is 0.411. The van der Waals surface area contributed by atoms with Crippen molar-refractivity contribution in [2.45, 2.75) is 31.7 Å². The summed E-state index contributed by atoms with van der Waals surface area (Å²) in [5.74, 6) is 0.723. The maximum atomic E-state index is 6.02. The van der Waals surface area contributed by atoms with Crippen LogP contribution >= 0.6 is 0 Å². The first-order valence-electron chi connectivity index (χ1n) is 8.58. The lowest BCUT2D eigenvalue weighted by molar-refractivity contribution is 0.339. The Morgan fingerprint density at radius 1 is 0.870 bits per heavy atom. The summed E-state index contributed by atoms with van der Waals surface area (Å²) in [6, 6.07) is 17.2. The molecule has 0 aliphatic heterocycles. The molecule has 3 nitrogen and oxygen atoms in total. The van der Waals surface area contributed by atoms with Crippen LogP contribution in [0.15, 0.2) is 48.5 Å². The SMILES string of the molecule is NC1CCC(CNc2c3ccccc3nc3ccccc23)CC1. The molecule has 23 heavy (non-hydrogen) atoms. The molecule has 0 spiro atoms. The van der Waals surface area contributed by atoms with E-state index < -0.39 is 0 Å². The first-order chi connectivity index (χ1) is 11.3. The Morgan fingerprint density at radius 3 is 2.04 bits per heavy atom. The fraction of sp³-hybridized carbons (Fsp3) is 0.350. The third kappa shape index (κ3) is 2.89. The summed E-state index contributed by atoms with van der Waals surface area (Å²) in [5.41, 5.74) is 9.36. The lowest BCUT2D eigenvalue weighted by Gasteiger charge is -2.27. The number of hydrogen-bond donors (Lipinski definition) is 2. The maximum Gasteiger partial charge on any atom is 0.0730 e. The van der Waals surface area contributed by atoms with Crippen molar-refractivity contribution < 1.29 is 0 Å². The summed E-state index contributed by atoms with van der Waals surface area (Å²) in [7, 11) is 0. The molecule has 0 amide bonds. The van der Waals surface area contributed by atoms with E-state index in [9.17, 15) is 0 Å². The molecule has 1 heterocycles. The highest BCUT2D eigenvalue weighted by Crippen LogP contribution is 2.31. The van der Waals surface area contributed by atoms with Crippen molar-refractivity contribution in [2.24, 2.45) is 11.7 Å². The van der Waals surface area contributed by atoms with Crippen molar-refractivity contribution in [3.63, 3.8) is 0 Å². The van der Waals surface area contributed by atoms with Gasteiger partial charge in [0.25, 0.3) is 0 Å². The Kier molecular flexibility index (Phi) is 3.88. The van der Waals surface area contributed by atoms with Crippen LogP contribution in [-0.4, -0.2) is 17.6 Å². The molecule has 118 valence electrons. The van der Waals surface area contributed by atoms with Gasteiger partial charge < -0.3 is 11.1 Å². The van der Waals surface area contributed by atoms with E-state index in [-0.39, 0.29) is 0 Å². The van der Waals surface area contributed by atoms with Crippen LogP contribution in [0.1, 0.15) is 25.7 Å². The zero-order chi connectivity index (χ0) is 15.6. The highest BCUT2D eigenvalue weighted by Gasteiger charge is 2.19. The molecule has 1 aromatic heterocycles. The molecule has 0 unspecified atom stereocenters. The van der Waals surface area contributed by atoms with E-state index in [0.717, 1.165) is 36.3 Å². The molecule has 1 fully saturated rings. The number of nitrogens with two attached hydrogens (primary N) is 1. The van der Waals surface area contributed by atoms with E-state index in [0.29, 0.717) is 6.04 Å². The summed E-state index contributed by atoms with van der Waals surface area (Å²) >= 11 is 0. The average molecular weight is 305 g/mol. The number of fused-ring (bicyclic) bond motifs is 2. The predicted octanol–water partition coefficient (Wildman–Crippen LogP) is 4.32. The number of anilines is 1. The third-order valence-electron chi connectivity index (χ3n) is 5.05. The molecule has 3 aromatic rings. The van der Waals surface area contributed by atoms with E-state index in [1.54, 1.807) is 0 Å². The first kappa shape index (κ1) is 14.5. The van der Waals surface area contributed by atoms with E-state index in [1.807, 2.05) is 0 Å². The summed E-state index contributed by atoms with van der Waals surface area (Å²) < 4.78 is 0. The molecule has 0 bridgehead atoms. The molecule has 2 aromatic carbocycles. The van der Waals surface area contributed by atoms with Crippen LogP contribution in [0, 0.1) is 5.92 Å². The Bertz CT molecular complexity index is 765. The molecule has 3 heteroatoms. The van der Waals surface area contributed by atoms with Crippen LogP contribution in [0.2, 0.25) is 0 Å². The number of nitrogens with one attached hydrogen (secondary N) is 1. The number of para-hydroxylation sites is 2. The standard InChI is InChI=1S/C20H23N3/c21-15-11-9-14(10-12-15)13-22-20-16-5-1-3-7-18(16)23-19-8-4-2-6-17(19)20/h1-8,14-15H,9-13,21H2,(H,22,23). The van der Waals surface area contributed by atoms with Crippen LogP contribution in [0.25, 0.3) is 21.8 Å². The normalized spacial score (nSPS) is 21.6. The molecule has 0 radical (unpaired) electrons. The van der Waals surface area contributed by atoms with Crippen molar-refractivity contribution >= 4 is 27.5 Å². The Morgan fingerprint density at radius 2 is 1.43 bits per heavy atom. The molecule has 3 N–H and O–H groups in total. The molecule has 4 rings (SSSR count). The smallest absolute Gasteiger partial charge is 0.0730 e. The zero-order valence-electron chi connectivity index (χ0n) is 13.3. The molecular weight excluding hydrogens is 282 g/mol. The molecule has 1 saturated carbocycles. The summed E-state index contributed by atoms with van der Waals surface area (Å²) in [6.07, 6.45) is 4.78. The number of aromatic nitrogens is 1. The van der Waals surface area contributed by atoms with Crippen molar-refractivity contribution in [1.29, 1.82) is 0 Å². The predicted molar refractivity (Wildman–Crippen MR) is 97.7 cm³/mol. The maximum absolute atomic E-state index is 6.02. The van der Waals surface area contributed by atoms with Gasteiger partial charge in [-0.05, 0) is 43.7 Å². The van der Waals surface area contributed by atoms with Crippen LogP contribution in [0.3, 0.4) is 0 Å². The molecular formula is C20H23N3. The monoisotopic (exact) mass is 305 g/mol. The quantitative estimate of drug-likeness (QED) is 0.709. The second kappa shape index (κ2) is 6.17. The van der Waals surface area contributed by atoms with E-state index >= 15 is 0 Å². The van der Waals surface area contributed by atoms with Gasteiger partial charge in [-0.25, -0.2) is 4.98 Å². The second-order valence-corrected chi connectivity index (χ2v) is 6.68. The number of hydrogen-bond acceptors (Lipinski definition) is 3. The largest absolute Gasteiger partial charge is 0.384 e. The Balaban J connectivity index is 1.68. The number of rotatable bonds is 3. The minimum Gasteiger partial charge on any atom is -0.384 e. The fourth-order valence-electron chi connectivity index (χ4n) is 3.67. The molecule has 1 aliphatic carbocycles. The van der Waals surface area contributed by atoms with Gasteiger partial charge in [0, 0.05) is 23.4 Å². The number of pyridine rings is 1. The summed E-state index contributed by atoms with van der Waals surface area (Å²) in [4.78, 5) is 4.79. The lowest BCUT2D eigenvalue weighted by atomic mass is 9.86. The minimum atomic E-state index is 0.411. The van der Waals surface area contributed by atoms with Gasteiger partial charge in [0.05, 0.1) is 16.7 Å². The zero-order valence-corrected chi connectivity index (χ0v) is 13.3. The van der Waals surface area contributed by atoms with E-state index in [4.69, 9.17) is 10.7 Å². The van der Waals surface area contributed by atoms with E-state index in [1.165, 1.54) is 29.3 Å². The first-order valence-corrected chi connectivity index (χ1v) is 8.58. The van der Waals surface area contributed by atoms with Gasteiger partial charge in [-0.15, -0.1) is 0 Å². The van der Waals surface area contributed by atoms with Crippen molar-refractivity contribution in [3.8, 4) is 0 Å².